The maximum atomic E-state index is 13.0. The van der Waals surface area contributed by atoms with Gasteiger partial charge in [0.25, 0.3) is 0 Å². The van der Waals surface area contributed by atoms with Crippen molar-refractivity contribution < 1.29 is 8.91 Å². The molecule has 1 aromatic rings. The first-order chi connectivity index (χ1) is 6.66. The summed E-state index contributed by atoms with van der Waals surface area (Å²) in [5, 5.41) is 3.72. The smallest absolute Gasteiger partial charge is 0.233 e. The van der Waals surface area contributed by atoms with Crippen molar-refractivity contribution >= 4 is 0 Å². The van der Waals surface area contributed by atoms with Gasteiger partial charge in [-0.2, -0.15) is 4.98 Å². The Labute approximate surface area is 82.0 Å². The van der Waals surface area contributed by atoms with E-state index in [-0.39, 0.29) is 5.92 Å². The maximum absolute atomic E-state index is 13.0. The summed E-state index contributed by atoms with van der Waals surface area (Å²) in [7, 11) is 0. The molecule has 0 amide bonds. The lowest BCUT2D eigenvalue weighted by atomic mass is 9.84. The fraction of sp³-hybridized carbons (Fsp3) is 0.600. The van der Waals surface area contributed by atoms with Crippen LogP contribution >= 0.6 is 0 Å². The summed E-state index contributed by atoms with van der Waals surface area (Å²) >= 11 is 0. The molecule has 1 saturated carbocycles. The molecule has 0 aliphatic heterocycles. The van der Waals surface area contributed by atoms with Crippen LogP contribution in [0.25, 0.3) is 0 Å². The topological polar surface area (TPSA) is 38.9 Å². The number of hydrogen-bond acceptors (Lipinski definition) is 3. The van der Waals surface area contributed by atoms with Crippen LogP contribution in [0.4, 0.5) is 4.39 Å². The van der Waals surface area contributed by atoms with Crippen molar-refractivity contribution in [3.63, 3.8) is 0 Å². The zero-order chi connectivity index (χ0) is 10.1. The van der Waals surface area contributed by atoms with Crippen molar-refractivity contribution in [1.29, 1.82) is 0 Å². The zero-order valence-corrected chi connectivity index (χ0v) is 8.16. The van der Waals surface area contributed by atoms with Crippen LogP contribution in [0.3, 0.4) is 0 Å². The Hall–Kier alpha value is -1.19. The second-order valence-corrected chi connectivity index (χ2v) is 3.77. The van der Waals surface area contributed by atoms with Crippen LogP contribution in [0.15, 0.2) is 16.7 Å². The van der Waals surface area contributed by atoms with Crippen molar-refractivity contribution in [1.82, 2.24) is 10.1 Å². The van der Waals surface area contributed by atoms with Crippen LogP contribution in [0.1, 0.15) is 36.9 Å². The molecule has 14 heavy (non-hydrogen) atoms. The second kappa shape index (κ2) is 3.52. The van der Waals surface area contributed by atoms with E-state index in [2.05, 4.69) is 16.7 Å². The number of halogens is 1. The van der Waals surface area contributed by atoms with Gasteiger partial charge in [-0.15, -0.1) is 0 Å². The average Bonchev–Trinajstić information content (AvgIpc) is 2.51. The van der Waals surface area contributed by atoms with Gasteiger partial charge in [0.05, 0.1) is 5.92 Å². The van der Waals surface area contributed by atoms with Crippen molar-refractivity contribution in [2.24, 2.45) is 0 Å². The van der Waals surface area contributed by atoms with E-state index in [0.717, 1.165) is 12.0 Å². The van der Waals surface area contributed by atoms with E-state index in [1.54, 1.807) is 6.92 Å². The summed E-state index contributed by atoms with van der Waals surface area (Å²) in [6.45, 7) is 5.64. The normalized spacial score (nSPS) is 28.0. The molecule has 0 saturated heterocycles. The van der Waals surface area contributed by atoms with E-state index in [1.807, 2.05) is 0 Å². The van der Waals surface area contributed by atoms with Crippen molar-refractivity contribution in [3.8, 4) is 0 Å². The molecule has 0 bridgehead atoms. The van der Waals surface area contributed by atoms with E-state index in [0.29, 0.717) is 24.6 Å². The Morgan fingerprint density at radius 1 is 1.50 bits per heavy atom. The lowest BCUT2D eigenvalue weighted by molar-refractivity contribution is 0.255. The van der Waals surface area contributed by atoms with E-state index < -0.39 is 6.17 Å². The van der Waals surface area contributed by atoms with Crippen LogP contribution in [0.5, 0.6) is 0 Å². The van der Waals surface area contributed by atoms with Gasteiger partial charge in [-0.05, 0) is 19.8 Å². The first kappa shape index (κ1) is 9.37. The molecular weight excluding hydrogens is 183 g/mol. The van der Waals surface area contributed by atoms with Gasteiger partial charge in [-0.25, -0.2) is 4.39 Å². The molecule has 0 spiro atoms. The minimum Gasteiger partial charge on any atom is -0.339 e. The van der Waals surface area contributed by atoms with Crippen LogP contribution in [0, 0.1) is 6.92 Å². The lowest BCUT2D eigenvalue weighted by Gasteiger charge is -2.23. The summed E-state index contributed by atoms with van der Waals surface area (Å²) < 4.78 is 18.1. The molecular formula is C10H13FN2O. The first-order valence-corrected chi connectivity index (χ1v) is 4.78. The van der Waals surface area contributed by atoms with Crippen molar-refractivity contribution in [2.45, 2.75) is 38.3 Å². The summed E-state index contributed by atoms with van der Waals surface area (Å²) in [6.07, 6.45) is 0.960. The number of nitrogens with zero attached hydrogens (tertiary/aromatic N) is 2. The fourth-order valence-electron chi connectivity index (χ4n) is 1.83. The predicted molar refractivity (Wildman–Crippen MR) is 49.7 cm³/mol. The van der Waals surface area contributed by atoms with Crippen molar-refractivity contribution in [3.05, 3.63) is 23.9 Å². The number of aryl methyl sites for hydroxylation is 1. The van der Waals surface area contributed by atoms with Crippen LogP contribution < -0.4 is 0 Å². The van der Waals surface area contributed by atoms with Gasteiger partial charge in [0.2, 0.25) is 5.89 Å². The van der Waals surface area contributed by atoms with Gasteiger partial charge >= 0.3 is 0 Å². The molecule has 1 fully saturated rings. The average molecular weight is 196 g/mol. The van der Waals surface area contributed by atoms with Gasteiger partial charge < -0.3 is 4.52 Å². The third kappa shape index (κ3) is 1.69. The van der Waals surface area contributed by atoms with Gasteiger partial charge in [0.1, 0.15) is 6.17 Å². The largest absolute Gasteiger partial charge is 0.339 e. The SMILES string of the molecule is C=C1CC(F)CCC1c1nc(C)no1. The zero-order valence-electron chi connectivity index (χ0n) is 8.16. The van der Waals surface area contributed by atoms with E-state index in [1.165, 1.54) is 0 Å². The summed E-state index contributed by atoms with van der Waals surface area (Å²) in [5.41, 5.74) is 0.868. The molecule has 0 aromatic carbocycles. The summed E-state index contributed by atoms with van der Waals surface area (Å²) in [6, 6.07) is 0. The van der Waals surface area contributed by atoms with Crippen LogP contribution in [-0.2, 0) is 0 Å². The van der Waals surface area contributed by atoms with Crippen molar-refractivity contribution in [2.75, 3.05) is 0 Å². The van der Waals surface area contributed by atoms with Crippen LogP contribution in [0.2, 0.25) is 0 Å². The highest BCUT2D eigenvalue weighted by Crippen LogP contribution is 2.36. The molecule has 3 nitrogen and oxygen atoms in total. The Morgan fingerprint density at radius 3 is 2.86 bits per heavy atom. The van der Waals surface area contributed by atoms with Gasteiger partial charge in [-0.3, -0.25) is 0 Å². The highest BCUT2D eigenvalue weighted by atomic mass is 19.1. The van der Waals surface area contributed by atoms with Gasteiger partial charge in [-0.1, -0.05) is 17.3 Å². The molecule has 2 atom stereocenters. The van der Waals surface area contributed by atoms with Crippen LogP contribution in [-0.4, -0.2) is 16.3 Å². The third-order valence-corrected chi connectivity index (χ3v) is 2.59. The number of rotatable bonds is 1. The van der Waals surface area contributed by atoms with Gasteiger partial charge in [0, 0.05) is 6.42 Å². The van der Waals surface area contributed by atoms with Gasteiger partial charge in [0.15, 0.2) is 5.82 Å². The molecule has 1 heterocycles. The molecule has 2 rings (SSSR count). The fourth-order valence-corrected chi connectivity index (χ4v) is 1.83. The quantitative estimate of drug-likeness (QED) is 0.648. The molecule has 2 unspecified atom stereocenters. The van der Waals surface area contributed by atoms with E-state index in [4.69, 9.17) is 4.52 Å². The molecule has 0 N–H and O–H groups in total. The second-order valence-electron chi connectivity index (χ2n) is 3.77. The maximum Gasteiger partial charge on any atom is 0.233 e. The minimum absolute atomic E-state index is 0.0585. The lowest BCUT2D eigenvalue weighted by Crippen LogP contribution is -2.16. The minimum atomic E-state index is -0.747. The Balaban J connectivity index is 2.15. The van der Waals surface area contributed by atoms with E-state index in [9.17, 15) is 4.39 Å². The highest BCUT2D eigenvalue weighted by Gasteiger charge is 2.28. The summed E-state index contributed by atoms with van der Waals surface area (Å²) in [5.74, 6) is 1.26. The molecule has 1 aliphatic carbocycles. The third-order valence-electron chi connectivity index (χ3n) is 2.59. The number of allylic oxidation sites excluding steroid dienone is 1. The molecule has 4 heteroatoms. The standard InChI is InChI=1S/C10H13FN2O/c1-6-5-8(11)3-4-9(6)10-12-7(2)13-14-10/h8-9H,1,3-5H2,2H3. The molecule has 0 radical (unpaired) electrons. The Kier molecular flexibility index (Phi) is 2.35. The first-order valence-electron chi connectivity index (χ1n) is 4.78. The molecule has 1 aromatic heterocycles. The van der Waals surface area contributed by atoms with E-state index >= 15 is 0 Å². The highest BCUT2D eigenvalue weighted by molar-refractivity contribution is 5.17. The number of alkyl halides is 1. The number of aromatic nitrogens is 2. The molecule has 1 aliphatic rings. The molecule has 76 valence electrons. The monoisotopic (exact) mass is 196 g/mol. The Morgan fingerprint density at radius 2 is 2.29 bits per heavy atom. The summed E-state index contributed by atoms with van der Waals surface area (Å²) in [4.78, 5) is 4.15. The number of hydrogen-bond donors (Lipinski definition) is 0. The predicted octanol–water partition coefficient (Wildman–Crippen LogP) is 2.54. The Bertz CT molecular complexity index is 348.